The summed E-state index contributed by atoms with van der Waals surface area (Å²) in [5.41, 5.74) is 5.54. The van der Waals surface area contributed by atoms with E-state index in [9.17, 15) is 18.6 Å². The maximum atomic E-state index is 11.8. The zero-order chi connectivity index (χ0) is 22.3. The van der Waals surface area contributed by atoms with Crippen molar-refractivity contribution in [1.82, 2.24) is 14.5 Å². The Morgan fingerprint density at radius 3 is 2.57 bits per heavy atom. The smallest absolute Gasteiger partial charge is 0.383 e. The molecule has 168 valence electrons. The molecule has 3 heterocycles. The first kappa shape index (κ1) is 23.8. The molecule has 0 aromatic carbocycles. The van der Waals surface area contributed by atoms with Crippen LogP contribution in [0.1, 0.15) is 13.2 Å². The molecule has 5 atom stereocenters. The lowest BCUT2D eigenvalue weighted by Gasteiger charge is -2.18. The van der Waals surface area contributed by atoms with Gasteiger partial charge < -0.3 is 34.6 Å². The van der Waals surface area contributed by atoms with Gasteiger partial charge in [-0.2, -0.15) is 8.62 Å². The average Bonchev–Trinajstić information content (AvgIpc) is 3.13. The highest BCUT2D eigenvalue weighted by Gasteiger charge is 2.42. The van der Waals surface area contributed by atoms with E-state index in [0.717, 1.165) is 0 Å². The number of phosphoric ester groups is 1. The SMILES string of the molecule is C[C@H]1S[C@@H](COP(=O)(O)OP(=O)(O)OP(=O)(O)O)O[C@H]1n1ccc2c(N)ncnc21. The largest absolute Gasteiger partial charge is 0.490 e. The number of nitrogen functional groups attached to an aromatic ring is 1. The van der Waals surface area contributed by atoms with Crippen LogP contribution in [-0.2, 0) is 31.6 Å². The first-order valence-corrected chi connectivity index (χ1v) is 13.4. The minimum Gasteiger partial charge on any atom is -0.383 e. The number of nitrogens with zero attached hydrogens (tertiary/aromatic N) is 3. The van der Waals surface area contributed by atoms with E-state index in [-0.39, 0.29) is 5.25 Å². The molecule has 15 nitrogen and oxygen atoms in total. The quantitative estimate of drug-likeness (QED) is 0.318. The number of rotatable bonds is 8. The van der Waals surface area contributed by atoms with Crippen LogP contribution >= 0.6 is 35.2 Å². The van der Waals surface area contributed by atoms with Crippen molar-refractivity contribution in [3.05, 3.63) is 18.6 Å². The van der Waals surface area contributed by atoms with Gasteiger partial charge in [-0.25, -0.2) is 23.7 Å². The van der Waals surface area contributed by atoms with Crippen LogP contribution in [0, 0.1) is 0 Å². The van der Waals surface area contributed by atoms with Gasteiger partial charge in [-0.05, 0) is 13.0 Å². The number of hydrogen-bond donors (Lipinski definition) is 5. The molecule has 30 heavy (non-hydrogen) atoms. The van der Waals surface area contributed by atoms with E-state index in [0.29, 0.717) is 16.9 Å². The summed E-state index contributed by atoms with van der Waals surface area (Å²) >= 11 is 1.24. The van der Waals surface area contributed by atoms with Gasteiger partial charge in [-0.15, -0.1) is 11.8 Å². The molecular formula is C11H17N4O11P3S. The Bertz CT molecular complexity index is 1080. The third-order valence-corrected chi connectivity index (χ3v) is 8.68. The molecule has 2 aromatic rings. The van der Waals surface area contributed by atoms with E-state index in [1.165, 1.54) is 18.1 Å². The predicted molar refractivity (Wildman–Crippen MR) is 103 cm³/mol. The highest BCUT2D eigenvalue weighted by molar-refractivity contribution is 8.00. The first-order chi connectivity index (χ1) is 13.8. The predicted octanol–water partition coefficient (Wildman–Crippen LogP) is 1.33. The van der Waals surface area contributed by atoms with Crippen LogP contribution in [-0.4, -0.2) is 51.4 Å². The van der Waals surface area contributed by atoms with Crippen LogP contribution in [0.4, 0.5) is 5.82 Å². The molecule has 0 spiro atoms. The van der Waals surface area contributed by atoms with Gasteiger partial charge in [0.1, 0.15) is 29.5 Å². The number of nitrogens with two attached hydrogens (primary N) is 1. The van der Waals surface area contributed by atoms with Crippen molar-refractivity contribution in [2.24, 2.45) is 0 Å². The molecule has 1 saturated heterocycles. The summed E-state index contributed by atoms with van der Waals surface area (Å²) in [4.78, 5) is 43.8. The monoisotopic (exact) mass is 506 g/mol. The standard InChI is InChI=1S/C11H17N4O11P3S/c1-6-11(15-3-2-7-9(12)13-5-14-10(7)15)24-8(30-6)4-23-28(19,20)26-29(21,22)25-27(16,17)18/h2-3,5-6,8,11H,4H2,1H3,(H,19,20)(H,21,22)(H2,12,13,14)(H2,16,17,18)/t6-,8+,11-/m1/s1. The maximum Gasteiger partial charge on any atom is 0.490 e. The van der Waals surface area contributed by atoms with Crippen LogP contribution in [0.15, 0.2) is 18.6 Å². The van der Waals surface area contributed by atoms with Gasteiger partial charge in [0.05, 0.1) is 17.2 Å². The molecule has 0 aliphatic carbocycles. The molecular weight excluding hydrogens is 489 g/mol. The van der Waals surface area contributed by atoms with Gasteiger partial charge in [0, 0.05) is 6.20 Å². The summed E-state index contributed by atoms with van der Waals surface area (Å²) in [6, 6.07) is 1.71. The summed E-state index contributed by atoms with van der Waals surface area (Å²) in [5.74, 6) is 0.293. The Morgan fingerprint density at radius 2 is 1.90 bits per heavy atom. The van der Waals surface area contributed by atoms with Crippen molar-refractivity contribution in [3.8, 4) is 0 Å². The number of aromatic nitrogens is 3. The van der Waals surface area contributed by atoms with E-state index in [4.69, 9.17) is 25.2 Å². The third kappa shape index (κ3) is 5.88. The highest BCUT2D eigenvalue weighted by atomic mass is 32.2. The average molecular weight is 506 g/mol. The summed E-state index contributed by atoms with van der Waals surface area (Å²) in [6.07, 6.45) is 2.45. The fraction of sp³-hybridized carbons (Fsp3) is 0.455. The number of ether oxygens (including phenoxy) is 1. The van der Waals surface area contributed by atoms with Crippen LogP contribution in [0.5, 0.6) is 0 Å². The Kier molecular flexibility index (Phi) is 6.81. The molecule has 2 aromatic heterocycles. The minimum atomic E-state index is -5.57. The molecule has 0 radical (unpaired) electrons. The Morgan fingerprint density at radius 1 is 1.20 bits per heavy atom. The zero-order valence-corrected chi connectivity index (χ0v) is 18.5. The van der Waals surface area contributed by atoms with Gasteiger partial charge in [0.2, 0.25) is 0 Å². The summed E-state index contributed by atoms with van der Waals surface area (Å²) in [6.45, 7) is 1.28. The van der Waals surface area contributed by atoms with Gasteiger partial charge in [-0.1, -0.05) is 0 Å². The van der Waals surface area contributed by atoms with Gasteiger partial charge in [0.25, 0.3) is 0 Å². The minimum absolute atomic E-state index is 0.161. The molecule has 2 unspecified atom stereocenters. The van der Waals surface area contributed by atoms with Crippen LogP contribution in [0.25, 0.3) is 11.0 Å². The summed E-state index contributed by atoms with van der Waals surface area (Å²) in [7, 11) is -16.2. The third-order valence-electron chi connectivity index (χ3n) is 3.66. The molecule has 0 saturated carbocycles. The number of hydrogen-bond acceptors (Lipinski definition) is 11. The van der Waals surface area contributed by atoms with E-state index in [1.54, 1.807) is 16.8 Å². The van der Waals surface area contributed by atoms with Crippen LogP contribution in [0.2, 0.25) is 0 Å². The van der Waals surface area contributed by atoms with Crippen molar-refractivity contribution in [2.45, 2.75) is 23.8 Å². The van der Waals surface area contributed by atoms with Crippen LogP contribution < -0.4 is 5.73 Å². The first-order valence-electron chi connectivity index (χ1n) is 7.93. The molecule has 19 heteroatoms. The van der Waals surface area contributed by atoms with E-state index in [1.807, 2.05) is 6.92 Å². The lowest BCUT2D eigenvalue weighted by atomic mass is 10.4. The fourth-order valence-corrected chi connectivity index (χ4v) is 6.88. The van der Waals surface area contributed by atoms with Crippen LogP contribution in [0.3, 0.4) is 0 Å². The second kappa shape index (κ2) is 8.58. The summed E-state index contributed by atoms with van der Waals surface area (Å²) in [5, 5.41) is 0.460. The summed E-state index contributed by atoms with van der Waals surface area (Å²) < 4.78 is 53.2. The zero-order valence-electron chi connectivity index (χ0n) is 15.0. The van der Waals surface area contributed by atoms with Crippen molar-refractivity contribution in [2.75, 3.05) is 12.3 Å². The van der Waals surface area contributed by atoms with Crippen molar-refractivity contribution >= 4 is 52.1 Å². The number of anilines is 1. The lowest BCUT2D eigenvalue weighted by Crippen LogP contribution is -2.18. The molecule has 1 aliphatic rings. The van der Waals surface area contributed by atoms with Crippen molar-refractivity contribution < 1.29 is 51.2 Å². The molecule has 0 amide bonds. The number of fused-ring (bicyclic) bond motifs is 1. The second-order valence-electron chi connectivity index (χ2n) is 5.90. The van der Waals surface area contributed by atoms with Gasteiger partial charge >= 0.3 is 23.5 Å². The molecule has 3 rings (SSSR count). The number of thioether (sulfide) groups is 1. The van der Waals surface area contributed by atoms with Gasteiger partial charge in [-0.3, -0.25) is 4.52 Å². The Balaban J connectivity index is 1.63. The number of phosphoric acid groups is 3. The maximum absolute atomic E-state index is 11.8. The van der Waals surface area contributed by atoms with Gasteiger partial charge in [0.15, 0.2) is 0 Å². The normalized spacial score (nSPS) is 26.5. The van der Waals surface area contributed by atoms with Crippen molar-refractivity contribution in [1.29, 1.82) is 0 Å². The van der Waals surface area contributed by atoms with Crippen molar-refractivity contribution in [3.63, 3.8) is 0 Å². The molecule has 1 fully saturated rings. The fourth-order valence-electron chi connectivity index (χ4n) is 2.63. The molecule has 1 aliphatic heterocycles. The van der Waals surface area contributed by atoms with E-state index >= 15 is 0 Å². The highest BCUT2D eigenvalue weighted by Crippen LogP contribution is 2.66. The van der Waals surface area contributed by atoms with E-state index in [2.05, 4.69) is 23.1 Å². The lowest BCUT2D eigenvalue weighted by molar-refractivity contribution is -0.0118. The molecule has 0 bridgehead atoms. The van der Waals surface area contributed by atoms with E-state index < -0.39 is 41.7 Å². The Hall–Kier alpha value is -0.860. The topological polar surface area (TPSA) is 226 Å². The molecule has 6 N–H and O–H groups in total. The Labute approximate surface area is 173 Å². The second-order valence-corrected chi connectivity index (χ2v) is 11.9.